The Labute approximate surface area is 160 Å². The lowest BCUT2D eigenvalue weighted by atomic mass is 10.1. The van der Waals surface area contributed by atoms with Gasteiger partial charge in [-0.1, -0.05) is 12.1 Å². The lowest BCUT2D eigenvalue weighted by Crippen LogP contribution is -2.37. The van der Waals surface area contributed by atoms with Crippen molar-refractivity contribution in [2.45, 2.75) is 26.8 Å². The molecule has 0 fully saturated rings. The minimum Gasteiger partial charge on any atom is -0.356 e. The highest BCUT2D eigenvalue weighted by Gasteiger charge is 2.02. The predicted octanol–water partition coefficient (Wildman–Crippen LogP) is 3.36. The van der Waals surface area contributed by atoms with Crippen LogP contribution in [0.2, 0.25) is 0 Å². The first kappa shape index (κ1) is 20.3. The van der Waals surface area contributed by atoms with Crippen molar-refractivity contribution in [2.24, 2.45) is 4.99 Å². The van der Waals surface area contributed by atoms with Gasteiger partial charge >= 0.3 is 0 Å². The molecule has 0 saturated heterocycles. The Bertz CT molecular complexity index is 688. The third-order valence-electron chi connectivity index (χ3n) is 3.73. The highest BCUT2D eigenvalue weighted by Crippen LogP contribution is 2.09. The van der Waals surface area contributed by atoms with Crippen molar-refractivity contribution in [1.29, 1.82) is 0 Å². The summed E-state index contributed by atoms with van der Waals surface area (Å²) in [7, 11) is 1.74. The van der Waals surface area contributed by atoms with Crippen molar-refractivity contribution in [3.63, 3.8) is 0 Å². The zero-order valence-corrected chi connectivity index (χ0v) is 16.6. The minimum absolute atomic E-state index is 0. The molecule has 0 unspecified atom stereocenters. The number of rotatable bonds is 5. The van der Waals surface area contributed by atoms with Crippen LogP contribution in [0.3, 0.4) is 0 Å². The van der Waals surface area contributed by atoms with Gasteiger partial charge in [0.2, 0.25) is 0 Å². The number of guanidine groups is 1. The summed E-state index contributed by atoms with van der Waals surface area (Å²) >= 11 is 0. The molecule has 6 heteroatoms. The lowest BCUT2D eigenvalue weighted by molar-refractivity contribution is 0.617. The number of aryl methyl sites for hydroxylation is 2. The zero-order chi connectivity index (χ0) is 16.7. The van der Waals surface area contributed by atoms with E-state index in [1.54, 1.807) is 20.0 Å². The van der Waals surface area contributed by atoms with Crippen LogP contribution in [0.1, 0.15) is 22.3 Å². The molecule has 0 atom stereocenters. The van der Waals surface area contributed by atoms with Gasteiger partial charge in [0.1, 0.15) is 5.82 Å². The average molecular weight is 442 g/mol. The smallest absolute Gasteiger partial charge is 0.191 e. The Balaban J connectivity index is 0.00000288. The van der Waals surface area contributed by atoms with E-state index in [9.17, 15) is 4.39 Å². The molecule has 2 aromatic rings. The number of hydrogen-bond donors (Lipinski definition) is 2. The fraction of sp³-hybridized carbons (Fsp3) is 0.333. The van der Waals surface area contributed by atoms with Crippen LogP contribution < -0.4 is 10.6 Å². The van der Waals surface area contributed by atoms with Gasteiger partial charge in [-0.2, -0.15) is 0 Å². The molecule has 2 N–H and O–H groups in total. The van der Waals surface area contributed by atoms with Crippen LogP contribution >= 0.6 is 24.0 Å². The molecule has 1 aromatic carbocycles. The normalized spacial score (nSPS) is 10.9. The molecular weight excluding hydrogens is 418 g/mol. The van der Waals surface area contributed by atoms with Crippen LogP contribution in [-0.2, 0) is 13.0 Å². The van der Waals surface area contributed by atoms with E-state index in [-0.39, 0.29) is 29.8 Å². The van der Waals surface area contributed by atoms with E-state index in [0.29, 0.717) is 12.1 Å². The molecule has 0 spiro atoms. The van der Waals surface area contributed by atoms with Gasteiger partial charge < -0.3 is 10.6 Å². The maximum Gasteiger partial charge on any atom is 0.191 e. The first-order valence-electron chi connectivity index (χ1n) is 7.69. The van der Waals surface area contributed by atoms with Crippen molar-refractivity contribution in [2.75, 3.05) is 13.6 Å². The summed E-state index contributed by atoms with van der Waals surface area (Å²) in [5, 5.41) is 6.52. The monoisotopic (exact) mass is 442 g/mol. The highest BCUT2D eigenvalue weighted by atomic mass is 127. The summed E-state index contributed by atoms with van der Waals surface area (Å²) in [6.45, 7) is 5.22. The third-order valence-corrected chi connectivity index (χ3v) is 3.73. The second kappa shape index (κ2) is 10.2. The van der Waals surface area contributed by atoms with Crippen LogP contribution in [0.15, 0.2) is 41.7 Å². The fourth-order valence-corrected chi connectivity index (χ4v) is 2.32. The van der Waals surface area contributed by atoms with E-state index in [4.69, 9.17) is 0 Å². The summed E-state index contributed by atoms with van der Waals surface area (Å²) in [5.41, 5.74) is 4.15. The number of halogens is 2. The van der Waals surface area contributed by atoms with E-state index in [1.165, 1.54) is 17.2 Å². The lowest BCUT2D eigenvalue weighted by Gasteiger charge is -2.13. The minimum atomic E-state index is -0.177. The molecule has 1 heterocycles. The number of benzene rings is 1. The average Bonchev–Trinajstić information content (AvgIpc) is 2.55. The van der Waals surface area contributed by atoms with Crippen molar-refractivity contribution < 1.29 is 4.39 Å². The van der Waals surface area contributed by atoms with E-state index < -0.39 is 0 Å². The summed E-state index contributed by atoms with van der Waals surface area (Å²) in [6.07, 6.45) is 4.59. The quantitative estimate of drug-likeness (QED) is 0.424. The predicted molar refractivity (Wildman–Crippen MR) is 107 cm³/mol. The summed E-state index contributed by atoms with van der Waals surface area (Å²) in [6, 6.07) is 7.15. The van der Waals surface area contributed by atoms with Crippen LogP contribution in [0.5, 0.6) is 0 Å². The van der Waals surface area contributed by atoms with E-state index in [1.807, 2.05) is 24.5 Å². The number of aromatic nitrogens is 1. The van der Waals surface area contributed by atoms with Crippen LogP contribution in [0.25, 0.3) is 0 Å². The van der Waals surface area contributed by atoms with Crippen molar-refractivity contribution in [3.05, 3.63) is 64.7 Å². The number of nitrogens with zero attached hydrogens (tertiary/aromatic N) is 2. The maximum atomic E-state index is 13.3. The third kappa shape index (κ3) is 6.07. The molecule has 0 aliphatic rings. The Morgan fingerprint density at radius 1 is 1.17 bits per heavy atom. The molecular formula is C18H24FIN4. The van der Waals surface area contributed by atoms with Gasteiger partial charge in [-0.15, -0.1) is 24.0 Å². The van der Waals surface area contributed by atoms with Gasteiger partial charge in [-0.05, 0) is 54.7 Å². The Morgan fingerprint density at radius 2 is 1.96 bits per heavy atom. The highest BCUT2D eigenvalue weighted by molar-refractivity contribution is 14.0. The molecule has 1 aromatic heterocycles. The van der Waals surface area contributed by atoms with E-state index in [2.05, 4.69) is 27.5 Å². The first-order chi connectivity index (χ1) is 11.1. The summed E-state index contributed by atoms with van der Waals surface area (Å²) < 4.78 is 13.3. The van der Waals surface area contributed by atoms with E-state index >= 15 is 0 Å². The Morgan fingerprint density at radius 3 is 2.62 bits per heavy atom. The number of pyridine rings is 1. The fourth-order valence-electron chi connectivity index (χ4n) is 2.32. The molecule has 4 nitrogen and oxygen atoms in total. The van der Waals surface area contributed by atoms with Gasteiger partial charge in [-0.3, -0.25) is 9.98 Å². The second-order valence-electron chi connectivity index (χ2n) is 5.49. The SMILES string of the molecule is CN=C(NCCc1ccncc1C)NCc1ccc(F)c(C)c1.I. The molecule has 0 saturated carbocycles. The summed E-state index contributed by atoms with van der Waals surface area (Å²) in [5.74, 6) is 0.558. The standard InChI is InChI=1S/C18H23FN4.HI/c1-13-10-15(4-5-17(13)19)12-23-18(20-3)22-9-7-16-6-8-21-11-14(16)2;/h4-6,8,10-11H,7,9,12H2,1-3H3,(H2,20,22,23);1H. The molecule has 0 aliphatic carbocycles. The van der Waals surface area contributed by atoms with Crippen molar-refractivity contribution >= 4 is 29.9 Å². The van der Waals surface area contributed by atoms with Crippen LogP contribution in [0.4, 0.5) is 4.39 Å². The zero-order valence-electron chi connectivity index (χ0n) is 14.3. The van der Waals surface area contributed by atoms with Crippen LogP contribution in [0, 0.1) is 19.7 Å². The molecule has 130 valence electrons. The maximum absolute atomic E-state index is 13.3. The Hall–Kier alpha value is -1.70. The number of nitrogens with one attached hydrogen (secondary N) is 2. The van der Waals surface area contributed by atoms with E-state index in [0.717, 1.165) is 24.5 Å². The van der Waals surface area contributed by atoms with Gasteiger partial charge in [0.15, 0.2) is 5.96 Å². The van der Waals surface area contributed by atoms with Crippen molar-refractivity contribution in [1.82, 2.24) is 15.6 Å². The van der Waals surface area contributed by atoms with Crippen molar-refractivity contribution in [3.8, 4) is 0 Å². The van der Waals surface area contributed by atoms with Gasteiger partial charge in [0, 0.05) is 32.5 Å². The molecule has 0 aliphatic heterocycles. The van der Waals surface area contributed by atoms with Crippen LogP contribution in [-0.4, -0.2) is 24.5 Å². The number of aliphatic imine (C=N–C) groups is 1. The van der Waals surface area contributed by atoms with Gasteiger partial charge in [0.05, 0.1) is 0 Å². The molecule has 24 heavy (non-hydrogen) atoms. The molecule has 0 amide bonds. The first-order valence-corrected chi connectivity index (χ1v) is 7.69. The second-order valence-corrected chi connectivity index (χ2v) is 5.49. The molecule has 0 bridgehead atoms. The topological polar surface area (TPSA) is 49.3 Å². The summed E-state index contributed by atoms with van der Waals surface area (Å²) in [4.78, 5) is 8.30. The van der Waals surface area contributed by atoms with Gasteiger partial charge in [-0.25, -0.2) is 4.39 Å². The molecule has 0 radical (unpaired) electrons. The molecule has 2 rings (SSSR count). The number of hydrogen-bond acceptors (Lipinski definition) is 2. The Kier molecular flexibility index (Phi) is 8.67. The van der Waals surface area contributed by atoms with Gasteiger partial charge in [0.25, 0.3) is 0 Å². The largest absolute Gasteiger partial charge is 0.356 e.